The van der Waals surface area contributed by atoms with Crippen molar-refractivity contribution < 1.29 is 5.21 Å². The van der Waals surface area contributed by atoms with Crippen LogP contribution in [0.2, 0.25) is 0 Å². The van der Waals surface area contributed by atoms with Crippen LogP contribution >= 0.6 is 0 Å². The molecule has 6 heteroatoms. The SMILES string of the molecule is Cc1cc(C)cc(N(C)c2cnc(C(N)=NO)cn2)c1. The molecule has 0 radical (unpaired) electrons. The van der Waals surface area contributed by atoms with Gasteiger partial charge >= 0.3 is 0 Å². The quantitative estimate of drug-likeness (QED) is 0.385. The third-order valence-electron chi connectivity index (χ3n) is 2.95. The monoisotopic (exact) mass is 271 g/mol. The van der Waals surface area contributed by atoms with Crippen LogP contribution in [0.25, 0.3) is 0 Å². The highest BCUT2D eigenvalue weighted by Crippen LogP contribution is 2.23. The molecule has 6 nitrogen and oxygen atoms in total. The van der Waals surface area contributed by atoms with Gasteiger partial charge in [-0.25, -0.2) is 9.97 Å². The molecule has 0 aliphatic heterocycles. The Morgan fingerprint density at radius 2 is 1.80 bits per heavy atom. The van der Waals surface area contributed by atoms with Crippen LogP contribution < -0.4 is 10.6 Å². The Balaban J connectivity index is 2.31. The summed E-state index contributed by atoms with van der Waals surface area (Å²) in [4.78, 5) is 10.3. The van der Waals surface area contributed by atoms with Crippen LogP contribution in [0.4, 0.5) is 11.5 Å². The van der Waals surface area contributed by atoms with Gasteiger partial charge in [0, 0.05) is 12.7 Å². The molecule has 0 aliphatic rings. The van der Waals surface area contributed by atoms with Crippen LogP contribution in [0.3, 0.4) is 0 Å². The second-order valence-electron chi connectivity index (χ2n) is 4.65. The molecular formula is C14H17N5O. The smallest absolute Gasteiger partial charge is 0.190 e. The molecule has 0 saturated carbocycles. The Kier molecular flexibility index (Phi) is 3.84. The van der Waals surface area contributed by atoms with Gasteiger partial charge < -0.3 is 15.8 Å². The fourth-order valence-corrected chi connectivity index (χ4v) is 1.95. The van der Waals surface area contributed by atoms with Gasteiger partial charge in [0.25, 0.3) is 0 Å². The molecule has 1 aromatic heterocycles. The average molecular weight is 271 g/mol. The predicted octanol–water partition coefficient (Wildman–Crippen LogP) is 1.96. The zero-order valence-electron chi connectivity index (χ0n) is 11.7. The van der Waals surface area contributed by atoms with Crippen molar-refractivity contribution in [2.24, 2.45) is 10.9 Å². The summed E-state index contributed by atoms with van der Waals surface area (Å²) in [6, 6.07) is 6.27. The largest absolute Gasteiger partial charge is 0.409 e. The molecule has 0 atom stereocenters. The third-order valence-corrected chi connectivity index (χ3v) is 2.95. The molecule has 0 fully saturated rings. The molecule has 0 aliphatic carbocycles. The van der Waals surface area contributed by atoms with Gasteiger partial charge in [0.2, 0.25) is 0 Å². The van der Waals surface area contributed by atoms with E-state index >= 15 is 0 Å². The normalized spacial score (nSPS) is 11.4. The van der Waals surface area contributed by atoms with E-state index in [9.17, 15) is 0 Å². The molecule has 20 heavy (non-hydrogen) atoms. The second-order valence-corrected chi connectivity index (χ2v) is 4.65. The number of hydrogen-bond donors (Lipinski definition) is 2. The molecule has 0 unspecified atom stereocenters. The summed E-state index contributed by atoms with van der Waals surface area (Å²) in [6.07, 6.45) is 3.06. The summed E-state index contributed by atoms with van der Waals surface area (Å²) >= 11 is 0. The summed E-state index contributed by atoms with van der Waals surface area (Å²) in [6.45, 7) is 4.11. The van der Waals surface area contributed by atoms with Gasteiger partial charge in [-0.15, -0.1) is 0 Å². The van der Waals surface area contributed by atoms with Crippen molar-refractivity contribution in [1.82, 2.24) is 9.97 Å². The van der Waals surface area contributed by atoms with Crippen molar-refractivity contribution in [3.05, 3.63) is 47.4 Å². The first kappa shape index (κ1) is 13.8. The topological polar surface area (TPSA) is 87.6 Å². The van der Waals surface area contributed by atoms with Crippen LogP contribution in [0.15, 0.2) is 35.7 Å². The third kappa shape index (κ3) is 2.85. The molecule has 104 valence electrons. The number of benzene rings is 1. The van der Waals surface area contributed by atoms with E-state index in [1.165, 1.54) is 17.3 Å². The number of aromatic nitrogens is 2. The van der Waals surface area contributed by atoms with E-state index in [0.717, 1.165) is 5.69 Å². The molecule has 3 N–H and O–H groups in total. The van der Waals surface area contributed by atoms with Crippen LogP contribution in [-0.2, 0) is 0 Å². The minimum Gasteiger partial charge on any atom is -0.409 e. The summed E-state index contributed by atoms with van der Waals surface area (Å²) < 4.78 is 0. The molecule has 1 aromatic carbocycles. The highest BCUT2D eigenvalue weighted by Gasteiger charge is 2.08. The van der Waals surface area contributed by atoms with Gasteiger partial charge in [0.15, 0.2) is 11.7 Å². The Morgan fingerprint density at radius 1 is 1.15 bits per heavy atom. The van der Waals surface area contributed by atoms with Crippen LogP contribution in [-0.4, -0.2) is 28.1 Å². The zero-order valence-corrected chi connectivity index (χ0v) is 11.7. The molecule has 1 heterocycles. The predicted molar refractivity (Wildman–Crippen MR) is 78.5 cm³/mol. The highest BCUT2D eigenvalue weighted by atomic mass is 16.4. The molecule has 0 amide bonds. The number of nitrogens with two attached hydrogens (primary N) is 1. The summed E-state index contributed by atoms with van der Waals surface area (Å²) in [5.41, 5.74) is 9.20. The maximum Gasteiger partial charge on any atom is 0.190 e. The van der Waals surface area contributed by atoms with Gasteiger partial charge in [-0.2, -0.15) is 0 Å². The van der Waals surface area contributed by atoms with Gasteiger partial charge in [-0.1, -0.05) is 11.2 Å². The maximum atomic E-state index is 8.59. The van der Waals surface area contributed by atoms with Gasteiger partial charge in [0.1, 0.15) is 5.69 Å². The van der Waals surface area contributed by atoms with E-state index in [4.69, 9.17) is 10.9 Å². The standard InChI is InChI=1S/C14H17N5O/c1-9-4-10(2)6-11(5-9)19(3)13-8-16-12(7-17-13)14(15)18-20/h4-8,20H,1-3H3,(H2,15,18). The lowest BCUT2D eigenvalue weighted by atomic mass is 10.1. The first-order chi connectivity index (χ1) is 9.51. The van der Waals surface area contributed by atoms with Crippen molar-refractivity contribution in [3.8, 4) is 0 Å². The Labute approximate surface area is 117 Å². The van der Waals surface area contributed by atoms with E-state index in [1.807, 2.05) is 11.9 Å². The Bertz CT molecular complexity index is 616. The van der Waals surface area contributed by atoms with Gasteiger partial charge in [0.05, 0.1) is 12.4 Å². The minimum atomic E-state index is -0.0573. The number of hydrogen-bond acceptors (Lipinski definition) is 5. The van der Waals surface area contributed by atoms with Crippen LogP contribution in [0.5, 0.6) is 0 Å². The maximum absolute atomic E-state index is 8.59. The number of anilines is 2. The average Bonchev–Trinajstić information content (AvgIpc) is 2.45. The van der Waals surface area contributed by atoms with Crippen molar-refractivity contribution in [3.63, 3.8) is 0 Å². The van der Waals surface area contributed by atoms with Crippen molar-refractivity contribution in [2.45, 2.75) is 13.8 Å². The van der Waals surface area contributed by atoms with E-state index in [1.54, 1.807) is 6.20 Å². The number of aryl methyl sites for hydroxylation is 2. The van der Waals surface area contributed by atoms with Gasteiger partial charge in [-0.05, 0) is 37.1 Å². The molecule has 0 spiro atoms. The molecule has 2 rings (SSSR count). The summed E-state index contributed by atoms with van der Waals surface area (Å²) in [5.74, 6) is 0.627. The first-order valence-electron chi connectivity index (χ1n) is 6.13. The van der Waals surface area contributed by atoms with E-state index < -0.39 is 0 Å². The van der Waals surface area contributed by atoms with E-state index in [2.05, 4.69) is 47.2 Å². The van der Waals surface area contributed by atoms with E-state index in [-0.39, 0.29) is 5.84 Å². The Morgan fingerprint density at radius 3 is 2.30 bits per heavy atom. The lowest BCUT2D eigenvalue weighted by Gasteiger charge is -2.19. The first-order valence-corrected chi connectivity index (χ1v) is 6.13. The van der Waals surface area contributed by atoms with Crippen LogP contribution in [0, 0.1) is 13.8 Å². The van der Waals surface area contributed by atoms with Crippen molar-refractivity contribution in [2.75, 3.05) is 11.9 Å². The second kappa shape index (κ2) is 5.56. The molecule has 2 aromatic rings. The zero-order chi connectivity index (χ0) is 14.7. The minimum absolute atomic E-state index is 0.0573. The highest BCUT2D eigenvalue weighted by molar-refractivity contribution is 5.94. The Hall–Kier alpha value is -2.63. The fraction of sp³-hybridized carbons (Fsp3) is 0.214. The van der Waals surface area contributed by atoms with Crippen molar-refractivity contribution in [1.29, 1.82) is 0 Å². The molecule has 0 saturated heterocycles. The lowest BCUT2D eigenvalue weighted by molar-refractivity contribution is 0.318. The number of nitrogens with zero attached hydrogens (tertiary/aromatic N) is 4. The number of rotatable bonds is 3. The fourth-order valence-electron chi connectivity index (χ4n) is 1.95. The van der Waals surface area contributed by atoms with Crippen LogP contribution in [0.1, 0.15) is 16.8 Å². The number of oxime groups is 1. The summed E-state index contributed by atoms with van der Waals surface area (Å²) in [7, 11) is 1.92. The van der Waals surface area contributed by atoms with Gasteiger partial charge in [-0.3, -0.25) is 0 Å². The van der Waals surface area contributed by atoms with E-state index in [0.29, 0.717) is 11.5 Å². The molecular weight excluding hydrogens is 254 g/mol. The summed E-state index contributed by atoms with van der Waals surface area (Å²) in [5, 5.41) is 11.5. The molecule has 0 bridgehead atoms. The van der Waals surface area contributed by atoms with Crippen molar-refractivity contribution >= 4 is 17.3 Å². The number of amidine groups is 1. The lowest BCUT2D eigenvalue weighted by Crippen LogP contribution is -2.17.